The molecule has 1 heterocycles. The van der Waals surface area contributed by atoms with Gasteiger partial charge in [0.05, 0.1) is 7.11 Å². The van der Waals surface area contributed by atoms with Crippen LogP contribution in [0, 0.1) is 11.8 Å². The first kappa shape index (κ1) is 16.7. The van der Waals surface area contributed by atoms with E-state index < -0.39 is 10.0 Å². The third kappa shape index (κ3) is 3.41. The summed E-state index contributed by atoms with van der Waals surface area (Å²) in [5.41, 5.74) is 5.76. The molecule has 1 aromatic rings. The zero-order valence-corrected chi connectivity index (χ0v) is 14.7. The van der Waals surface area contributed by atoms with Gasteiger partial charge in [0.2, 0.25) is 10.0 Å². The van der Waals surface area contributed by atoms with Gasteiger partial charge in [-0.3, -0.25) is 0 Å². The summed E-state index contributed by atoms with van der Waals surface area (Å²) in [5, 5.41) is 0. The van der Waals surface area contributed by atoms with Crippen LogP contribution in [-0.4, -0.2) is 39.5 Å². The fourth-order valence-corrected chi connectivity index (χ4v) is 4.84. The van der Waals surface area contributed by atoms with Crippen LogP contribution in [0.1, 0.15) is 13.3 Å². The first-order chi connectivity index (χ1) is 9.90. The molecule has 0 saturated carbocycles. The Kier molecular flexibility index (Phi) is 5.29. The van der Waals surface area contributed by atoms with E-state index in [1.54, 1.807) is 18.2 Å². The highest BCUT2D eigenvalue weighted by Gasteiger charge is 2.34. The summed E-state index contributed by atoms with van der Waals surface area (Å²) in [4.78, 5) is 0.199. The lowest BCUT2D eigenvalue weighted by atomic mass is 9.88. The lowest BCUT2D eigenvalue weighted by molar-refractivity contribution is 0.203. The molecule has 0 amide bonds. The van der Waals surface area contributed by atoms with Crippen LogP contribution in [0.5, 0.6) is 5.75 Å². The molecule has 0 aliphatic carbocycles. The number of hydrogen-bond donors (Lipinski definition) is 1. The van der Waals surface area contributed by atoms with E-state index in [-0.39, 0.29) is 10.8 Å². The predicted molar refractivity (Wildman–Crippen MR) is 85.8 cm³/mol. The number of nitrogens with two attached hydrogens (primary N) is 1. The summed E-state index contributed by atoms with van der Waals surface area (Å²) in [7, 11) is -2.10. The number of piperidine rings is 1. The highest BCUT2D eigenvalue weighted by Crippen LogP contribution is 2.33. The molecule has 5 nitrogen and oxygen atoms in total. The summed E-state index contributed by atoms with van der Waals surface area (Å²) in [5.74, 6) is 1.01. The van der Waals surface area contributed by atoms with Crippen molar-refractivity contribution in [3.8, 4) is 5.75 Å². The van der Waals surface area contributed by atoms with Crippen molar-refractivity contribution in [3.63, 3.8) is 0 Å². The van der Waals surface area contributed by atoms with Gasteiger partial charge in [-0.2, -0.15) is 4.31 Å². The Morgan fingerprint density at radius 1 is 1.48 bits per heavy atom. The molecule has 1 saturated heterocycles. The summed E-state index contributed by atoms with van der Waals surface area (Å²) < 4.78 is 33.2. The van der Waals surface area contributed by atoms with Crippen molar-refractivity contribution in [2.45, 2.75) is 18.2 Å². The topological polar surface area (TPSA) is 72.6 Å². The number of hydrogen-bond acceptors (Lipinski definition) is 4. The van der Waals surface area contributed by atoms with Gasteiger partial charge in [0.1, 0.15) is 10.6 Å². The fraction of sp³-hybridized carbons (Fsp3) is 0.571. The van der Waals surface area contributed by atoms with E-state index >= 15 is 0 Å². The average Bonchev–Trinajstić information content (AvgIpc) is 2.47. The number of ether oxygens (including phenoxy) is 1. The minimum Gasteiger partial charge on any atom is -0.495 e. The summed E-state index contributed by atoms with van der Waals surface area (Å²) >= 11 is 3.32. The van der Waals surface area contributed by atoms with Gasteiger partial charge in [-0.15, -0.1) is 0 Å². The maximum atomic E-state index is 12.9. The van der Waals surface area contributed by atoms with Crippen LogP contribution in [0.3, 0.4) is 0 Å². The Bertz CT molecular complexity index is 606. The summed E-state index contributed by atoms with van der Waals surface area (Å²) in [6, 6.07) is 5.01. The van der Waals surface area contributed by atoms with Crippen molar-refractivity contribution in [1.82, 2.24) is 4.31 Å². The highest BCUT2D eigenvalue weighted by atomic mass is 79.9. The SMILES string of the molecule is COc1ccc(Br)cc1S(=O)(=O)N1CCC(C)C(CN)C1. The minimum atomic E-state index is -3.57. The second-order valence-corrected chi connectivity index (χ2v) is 8.24. The highest BCUT2D eigenvalue weighted by molar-refractivity contribution is 9.10. The van der Waals surface area contributed by atoms with Crippen LogP contribution in [-0.2, 0) is 10.0 Å². The molecule has 0 bridgehead atoms. The molecule has 2 atom stereocenters. The number of methoxy groups -OCH3 is 1. The van der Waals surface area contributed by atoms with E-state index in [0.717, 1.165) is 6.42 Å². The van der Waals surface area contributed by atoms with Crippen LogP contribution >= 0.6 is 15.9 Å². The molecular formula is C14H21BrN2O3S. The third-order valence-corrected chi connectivity index (χ3v) is 6.50. The number of rotatable bonds is 4. The van der Waals surface area contributed by atoms with Gasteiger partial charge < -0.3 is 10.5 Å². The maximum absolute atomic E-state index is 12.9. The first-order valence-corrected chi connectivity index (χ1v) is 9.17. The summed E-state index contributed by atoms with van der Waals surface area (Å²) in [6.45, 7) is 3.62. The fourth-order valence-electron chi connectivity index (χ4n) is 2.63. The van der Waals surface area contributed by atoms with Gasteiger partial charge in [0, 0.05) is 17.6 Å². The Labute approximate surface area is 134 Å². The molecule has 0 spiro atoms. The Morgan fingerprint density at radius 3 is 2.81 bits per heavy atom. The molecule has 2 rings (SSSR count). The zero-order valence-electron chi connectivity index (χ0n) is 12.3. The molecule has 2 unspecified atom stereocenters. The van der Waals surface area contributed by atoms with Crippen LogP contribution in [0.15, 0.2) is 27.6 Å². The third-order valence-electron chi connectivity index (χ3n) is 4.12. The first-order valence-electron chi connectivity index (χ1n) is 6.94. The monoisotopic (exact) mass is 376 g/mol. The van der Waals surface area contributed by atoms with E-state index in [9.17, 15) is 8.42 Å². The normalized spacial score (nSPS) is 24.0. The second kappa shape index (κ2) is 6.64. The predicted octanol–water partition coefficient (Wildman–Crippen LogP) is 2.06. The standard InChI is InChI=1S/C14H21BrN2O3S/c1-10-5-6-17(9-11(10)8-16)21(18,19)14-7-12(15)3-4-13(14)20-2/h3-4,7,10-11H,5-6,8-9,16H2,1-2H3. The van der Waals surface area contributed by atoms with Gasteiger partial charge in [0.15, 0.2) is 0 Å². The Balaban J connectivity index is 2.36. The van der Waals surface area contributed by atoms with Crippen molar-refractivity contribution in [2.75, 3.05) is 26.7 Å². The summed E-state index contributed by atoms with van der Waals surface area (Å²) in [6.07, 6.45) is 0.831. The van der Waals surface area contributed by atoms with Crippen molar-refractivity contribution >= 4 is 26.0 Å². The molecule has 118 valence electrons. The van der Waals surface area contributed by atoms with E-state index in [0.29, 0.717) is 35.8 Å². The molecule has 1 aliphatic rings. The number of halogens is 1. The van der Waals surface area contributed by atoms with Crippen LogP contribution in [0.2, 0.25) is 0 Å². The quantitative estimate of drug-likeness (QED) is 0.872. The lowest BCUT2D eigenvalue weighted by Crippen LogP contribution is -2.45. The smallest absolute Gasteiger partial charge is 0.246 e. The lowest BCUT2D eigenvalue weighted by Gasteiger charge is -2.35. The van der Waals surface area contributed by atoms with Crippen molar-refractivity contribution in [2.24, 2.45) is 17.6 Å². The van der Waals surface area contributed by atoms with Gasteiger partial charge in [-0.05, 0) is 43.0 Å². The van der Waals surface area contributed by atoms with E-state index in [1.807, 2.05) is 0 Å². The molecule has 0 aromatic heterocycles. The maximum Gasteiger partial charge on any atom is 0.246 e. The van der Waals surface area contributed by atoms with Gasteiger partial charge in [-0.25, -0.2) is 8.42 Å². The molecular weight excluding hydrogens is 356 g/mol. The van der Waals surface area contributed by atoms with Crippen LogP contribution in [0.4, 0.5) is 0 Å². The van der Waals surface area contributed by atoms with Crippen molar-refractivity contribution in [1.29, 1.82) is 0 Å². The van der Waals surface area contributed by atoms with Gasteiger partial charge >= 0.3 is 0 Å². The number of benzene rings is 1. The second-order valence-electron chi connectivity index (χ2n) is 5.42. The van der Waals surface area contributed by atoms with E-state index in [1.165, 1.54) is 11.4 Å². The average molecular weight is 377 g/mol. The van der Waals surface area contributed by atoms with Crippen molar-refractivity contribution in [3.05, 3.63) is 22.7 Å². The molecule has 1 fully saturated rings. The van der Waals surface area contributed by atoms with Crippen LogP contribution < -0.4 is 10.5 Å². The molecule has 21 heavy (non-hydrogen) atoms. The van der Waals surface area contributed by atoms with E-state index in [2.05, 4.69) is 22.9 Å². The molecule has 1 aromatic carbocycles. The van der Waals surface area contributed by atoms with Crippen molar-refractivity contribution < 1.29 is 13.2 Å². The number of nitrogens with zero attached hydrogens (tertiary/aromatic N) is 1. The Hall–Kier alpha value is -0.630. The molecule has 7 heteroatoms. The van der Waals surface area contributed by atoms with Gasteiger partial charge in [0.25, 0.3) is 0 Å². The molecule has 2 N–H and O–H groups in total. The van der Waals surface area contributed by atoms with Gasteiger partial charge in [-0.1, -0.05) is 22.9 Å². The molecule has 1 aliphatic heterocycles. The largest absolute Gasteiger partial charge is 0.495 e. The Morgan fingerprint density at radius 2 is 2.19 bits per heavy atom. The van der Waals surface area contributed by atoms with E-state index in [4.69, 9.17) is 10.5 Å². The number of sulfonamides is 1. The van der Waals surface area contributed by atoms with Crippen LogP contribution in [0.25, 0.3) is 0 Å². The minimum absolute atomic E-state index is 0.199. The molecule has 0 radical (unpaired) electrons. The zero-order chi connectivity index (χ0) is 15.6.